The number of rotatable bonds is 7. The highest BCUT2D eigenvalue weighted by molar-refractivity contribution is 5.94. The van der Waals surface area contributed by atoms with Crippen LogP contribution in [-0.2, 0) is 9.59 Å². The molecule has 3 rings (SSSR count). The molecule has 2 amide bonds. The van der Waals surface area contributed by atoms with E-state index in [9.17, 15) is 9.59 Å². The number of anilines is 1. The third kappa shape index (κ3) is 5.78. The molecule has 1 aliphatic carbocycles. The van der Waals surface area contributed by atoms with Crippen LogP contribution in [0.4, 0.5) is 5.69 Å². The molecule has 0 bridgehead atoms. The van der Waals surface area contributed by atoms with Gasteiger partial charge in [0.25, 0.3) is 0 Å². The van der Waals surface area contributed by atoms with Gasteiger partial charge in [-0.05, 0) is 36.8 Å². The molecule has 6 nitrogen and oxygen atoms in total. The van der Waals surface area contributed by atoms with Crippen LogP contribution in [0.25, 0.3) is 0 Å². The standard InChI is InChI=1S/C21H32N4O2/c1-15(2)18-6-4-5-16(3)21(18)23-20(27)14-25-11-9-24(10-12-25)13-19(26)22-17-7-8-17/h4-6,15,17H,7-14H2,1-3H3,(H,22,26)(H,23,27). The average Bonchev–Trinajstić information content (AvgIpc) is 3.42. The van der Waals surface area contributed by atoms with Gasteiger partial charge in [0.2, 0.25) is 11.8 Å². The molecule has 1 aliphatic heterocycles. The average molecular weight is 373 g/mol. The molecule has 1 saturated heterocycles. The van der Waals surface area contributed by atoms with E-state index in [1.807, 2.05) is 19.1 Å². The van der Waals surface area contributed by atoms with Gasteiger partial charge in [-0.1, -0.05) is 32.0 Å². The highest BCUT2D eigenvalue weighted by atomic mass is 16.2. The van der Waals surface area contributed by atoms with E-state index < -0.39 is 0 Å². The maximum Gasteiger partial charge on any atom is 0.238 e. The zero-order chi connectivity index (χ0) is 19.4. The highest BCUT2D eigenvalue weighted by Gasteiger charge is 2.25. The van der Waals surface area contributed by atoms with Crippen LogP contribution in [0.2, 0.25) is 0 Å². The van der Waals surface area contributed by atoms with Crippen LogP contribution in [-0.4, -0.2) is 66.9 Å². The van der Waals surface area contributed by atoms with E-state index >= 15 is 0 Å². The zero-order valence-corrected chi connectivity index (χ0v) is 16.8. The molecule has 0 radical (unpaired) electrons. The van der Waals surface area contributed by atoms with E-state index in [2.05, 4.69) is 40.3 Å². The first kappa shape index (κ1) is 19.8. The smallest absolute Gasteiger partial charge is 0.238 e. The van der Waals surface area contributed by atoms with Gasteiger partial charge < -0.3 is 10.6 Å². The largest absolute Gasteiger partial charge is 0.352 e. The molecule has 148 valence electrons. The Bertz CT molecular complexity index is 677. The van der Waals surface area contributed by atoms with Crippen LogP contribution < -0.4 is 10.6 Å². The van der Waals surface area contributed by atoms with Crippen molar-refractivity contribution in [3.8, 4) is 0 Å². The van der Waals surface area contributed by atoms with Crippen molar-refractivity contribution in [3.05, 3.63) is 29.3 Å². The molecule has 6 heteroatoms. The first-order valence-corrected chi connectivity index (χ1v) is 10.1. The monoisotopic (exact) mass is 372 g/mol. The molecule has 2 N–H and O–H groups in total. The quantitative estimate of drug-likeness (QED) is 0.768. The van der Waals surface area contributed by atoms with Crippen molar-refractivity contribution < 1.29 is 9.59 Å². The lowest BCUT2D eigenvalue weighted by Gasteiger charge is -2.33. The second kappa shape index (κ2) is 8.85. The van der Waals surface area contributed by atoms with Crippen LogP contribution in [0.5, 0.6) is 0 Å². The van der Waals surface area contributed by atoms with Gasteiger partial charge in [0.05, 0.1) is 13.1 Å². The van der Waals surface area contributed by atoms with Gasteiger partial charge in [-0.15, -0.1) is 0 Å². The number of nitrogens with zero attached hydrogens (tertiary/aromatic N) is 2. The number of benzene rings is 1. The van der Waals surface area contributed by atoms with Gasteiger partial charge in [0.1, 0.15) is 0 Å². The fourth-order valence-electron chi connectivity index (χ4n) is 3.53. The number of carbonyl (C=O) groups excluding carboxylic acids is 2. The Hall–Kier alpha value is -1.92. The molecule has 1 aromatic rings. The molecular weight excluding hydrogens is 340 g/mol. The van der Waals surface area contributed by atoms with Gasteiger partial charge in [0.15, 0.2) is 0 Å². The second-order valence-corrected chi connectivity index (χ2v) is 8.14. The van der Waals surface area contributed by atoms with Crippen molar-refractivity contribution in [1.82, 2.24) is 15.1 Å². The Kier molecular flexibility index (Phi) is 6.50. The van der Waals surface area contributed by atoms with Crippen molar-refractivity contribution in [2.24, 2.45) is 0 Å². The molecule has 1 saturated carbocycles. The Morgan fingerprint density at radius 3 is 2.19 bits per heavy atom. The van der Waals surface area contributed by atoms with Crippen LogP contribution in [0.15, 0.2) is 18.2 Å². The molecule has 0 aromatic heterocycles. The van der Waals surface area contributed by atoms with Gasteiger partial charge in [0, 0.05) is 37.9 Å². The summed E-state index contributed by atoms with van der Waals surface area (Å²) in [6.07, 6.45) is 2.24. The van der Waals surface area contributed by atoms with Crippen molar-refractivity contribution in [1.29, 1.82) is 0 Å². The predicted molar refractivity (Wildman–Crippen MR) is 108 cm³/mol. The maximum atomic E-state index is 12.6. The number of amides is 2. The number of hydrogen-bond donors (Lipinski definition) is 2. The predicted octanol–water partition coefficient (Wildman–Crippen LogP) is 1.95. The Morgan fingerprint density at radius 2 is 1.63 bits per heavy atom. The second-order valence-electron chi connectivity index (χ2n) is 8.14. The van der Waals surface area contributed by atoms with Crippen molar-refractivity contribution in [2.75, 3.05) is 44.6 Å². The Balaban J connectivity index is 1.45. The first-order valence-electron chi connectivity index (χ1n) is 10.1. The van der Waals surface area contributed by atoms with Gasteiger partial charge in [-0.2, -0.15) is 0 Å². The summed E-state index contributed by atoms with van der Waals surface area (Å²) in [5.74, 6) is 0.529. The zero-order valence-electron chi connectivity index (χ0n) is 16.8. The maximum absolute atomic E-state index is 12.6. The number of carbonyl (C=O) groups is 2. The number of aryl methyl sites for hydroxylation is 1. The highest BCUT2D eigenvalue weighted by Crippen LogP contribution is 2.27. The van der Waals surface area contributed by atoms with Gasteiger partial charge in [-0.3, -0.25) is 19.4 Å². The van der Waals surface area contributed by atoms with Crippen molar-refractivity contribution >= 4 is 17.5 Å². The Morgan fingerprint density at radius 1 is 1.04 bits per heavy atom. The minimum Gasteiger partial charge on any atom is -0.352 e. The van der Waals surface area contributed by atoms with E-state index in [0.717, 1.165) is 50.3 Å². The topological polar surface area (TPSA) is 64.7 Å². The summed E-state index contributed by atoms with van der Waals surface area (Å²) in [7, 11) is 0. The summed E-state index contributed by atoms with van der Waals surface area (Å²) in [4.78, 5) is 28.8. The first-order chi connectivity index (χ1) is 12.9. The van der Waals surface area contributed by atoms with E-state index in [4.69, 9.17) is 0 Å². The molecule has 1 aromatic carbocycles. The van der Waals surface area contributed by atoms with Crippen LogP contribution in [0.1, 0.15) is 43.7 Å². The van der Waals surface area contributed by atoms with Gasteiger partial charge >= 0.3 is 0 Å². The fraction of sp³-hybridized carbons (Fsp3) is 0.619. The van der Waals surface area contributed by atoms with E-state index in [0.29, 0.717) is 25.0 Å². The summed E-state index contributed by atoms with van der Waals surface area (Å²) >= 11 is 0. The molecule has 27 heavy (non-hydrogen) atoms. The molecule has 0 spiro atoms. The number of para-hydroxylation sites is 1. The lowest BCUT2D eigenvalue weighted by atomic mass is 9.98. The third-order valence-corrected chi connectivity index (χ3v) is 5.33. The van der Waals surface area contributed by atoms with Crippen LogP contribution in [0.3, 0.4) is 0 Å². The normalized spacial score (nSPS) is 18.5. The number of hydrogen-bond acceptors (Lipinski definition) is 4. The lowest BCUT2D eigenvalue weighted by Crippen LogP contribution is -2.51. The van der Waals surface area contributed by atoms with Gasteiger partial charge in [-0.25, -0.2) is 0 Å². The molecule has 2 aliphatic rings. The summed E-state index contributed by atoms with van der Waals surface area (Å²) < 4.78 is 0. The summed E-state index contributed by atoms with van der Waals surface area (Å²) in [5, 5.41) is 6.15. The third-order valence-electron chi connectivity index (χ3n) is 5.33. The SMILES string of the molecule is Cc1cccc(C(C)C)c1NC(=O)CN1CCN(CC(=O)NC2CC2)CC1. The minimum atomic E-state index is 0.0335. The molecule has 2 fully saturated rings. The van der Waals surface area contributed by atoms with Crippen LogP contribution in [0, 0.1) is 6.92 Å². The van der Waals surface area contributed by atoms with E-state index in [1.165, 1.54) is 5.56 Å². The fourth-order valence-corrected chi connectivity index (χ4v) is 3.53. The molecule has 0 atom stereocenters. The number of piperazine rings is 1. The summed E-state index contributed by atoms with van der Waals surface area (Å²) in [6, 6.07) is 6.57. The summed E-state index contributed by atoms with van der Waals surface area (Å²) in [6.45, 7) is 10.5. The summed E-state index contributed by atoms with van der Waals surface area (Å²) in [5.41, 5.74) is 3.23. The van der Waals surface area contributed by atoms with Crippen molar-refractivity contribution in [3.63, 3.8) is 0 Å². The van der Waals surface area contributed by atoms with Crippen molar-refractivity contribution in [2.45, 2.75) is 45.6 Å². The van der Waals surface area contributed by atoms with E-state index in [1.54, 1.807) is 0 Å². The number of nitrogens with one attached hydrogen (secondary N) is 2. The minimum absolute atomic E-state index is 0.0335. The molecule has 0 unspecified atom stereocenters. The lowest BCUT2D eigenvalue weighted by molar-refractivity contribution is -0.123. The van der Waals surface area contributed by atoms with E-state index in [-0.39, 0.29) is 11.8 Å². The Labute approximate surface area is 162 Å². The molecule has 1 heterocycles. The van der Waals surface area contributed by atoms with Crippen LogP contribution >= 0.6 is 0 Å². The molecular formula is C21H32N4O2.